The third kappa shape index (κ3) is 1.49. The third-order valence-electron chi connectivity index (χ3n) is 3.46. The maximum atomic E-state index is 5.95. The highest BCUT2D eigenvalue weighted by Crippen LogP contribution is 2.33. The molecule has 0 bridgehead atoms. The molecular weight excluding hydrogens is 188 g/mol. The molecule has 0 spiro atoms. The van der Waals surface area contributed by atoms with Crippen molar-refractivity contribution in [3.63, 3.8) is 0 Å². The molecule has 4 heteroatoms. The smallest absolute Gasteiger partial charge is 0.134 e. The van der Waals surface area contributed by atoms with Gasteiger partial charge < -0.3 is 11.1 Å². The summed E-state index contributed by atoms with van der Waals surface area (Å²) in [6.07, 6.45) is 5.07. The summed E-state index contributed by atoms with van der Waals surface area (Å²) in [6.45, 7) is 1.67. The molecule has 1 aromatic rings. The van der Waals surface area contributed by atoms with E-state index >= 15 is 0 Å². The summed E-state index contributed by atoms with van der Waals surface area (Å²) in [5.41, 5.74) is 8.17. The topological polar surface area (TPSA) is 63.8 Å². The highest BCUT2D eigenvalue weighted by Gasteiger charge is 2.23. The van der Waals surface area contributed by atoms with Crippen molar-refractivity contribution < 1.29 is 0 Å². The number of nitrogens with two attached hydrogens (primary N) is 1. The van der Waals surface area contributed by atoms with Gasteiger partial charge >= 0.3 is 0 Å². The number of anilines is 1. The monoisotopic (exact) mass is 204 g/mol. The number of nitrogens with zero attached hydrogens (tertiary/aromatic N) is 2. The zero-order valence-electron chi connectivity index (χ0n) is 8.79. The lowest BCUT2D eigenvalue weighted by molar-refractivity contribution is 0.661. The molecule has 80 valence electrons. The van der Waals surface area contributed by atoms with Crippen LogP contribution < -0.4 is 11.1 Å². The Labute approximate surface area is 89.3 Å². The molecule has 0 saturated heterocycles. The number of hydrogen-bond acceptors (Lipinski definition) is 4. The van der Waals surface area contributed by atoms with Crippen molar-refractivity contribution in [2.75, 3.05) is 5.73 Å². The number of rotatable bonds is 1. The lowest BCUT2D eigenvalue weighted by Crippen LogP contribution is -2.08. The molecule has 3 rings (SSSR count). The molecule has 0 atom stereocenters. The first-order valence-electron chi connectivity index (χ1n) is 5.70. The summed E-state index contributed by atoms with van der Waals surface area (Å²) in [5, 5.41) is 3.26. The summed E-state index contributed by atoms with van der Waals surface area (Å²) < 4.78 is 0. The molecular formula is C11H16N4. The van der Waals surface area contributed by atoms with Gasteiger partial charge in [0, 0.05) is 24.6 Å². The normalized spacial score (nSPS) is 20.8. The van der Waals surface area contributed by atoms with E-state index in [1.807, 2.05) is 0 Å². The van der Waals surface area contributed by atoms with Crippen molar-refractivity contribution in [1.29, 1.82) is 0 Å². The van der Waals surface area contributed by atoms with Crippen LogP contribution in [0.3, 0.4) is 0 Å². The Morgan fingerprint density at radius 2 is 1.93 bits per heavy atom. The molecule has 2 heterocycles. The Hall–Kier alpha value is -1.16. The van der Waals surface area contributed by atoms with E-state index in [0.29, 0.717) is 11.7 Å². The first kappa shape index (κ1) is 9.09. The standard InChI is InChI=1S/C11H16N4/c12-10-8-5-13-6-9(8)14-11(15-10)7-3-1-2-4-7/h7,13H,1-6H2,(H2,12,14,15). The van der Waals surface area contributed by atoms with E-state index in [2.05, 4.69) is 15.3 Å². The summed E-state index contributed by atoms with van der Waals surface area (Å²) in [5.74, 6) is 2.22. The fourth-order valence-electron chi connectivity index (χ4n) is 2.58. The molecule has 0 radical (unpaired) electrons. The Morgan fingerprint density at radius 3 is 2.73 bits per heavy atom. The van der Waals surface area contributed by atoms with Crippen LogP contribution in [0.2, 0.25) is 0 Å². The van der Waals surface area contributed by atoms with Gasteiger partial charge in [-0.2, -0.15) is 0 Å². The van der Waals surface area contributed by atoms with Gasteiger partial charge in [-0.15, -0.1) is 0 Å². The third-order valence-corrected chi connectivity index (χ3v) is 3.46. The Balaban J connectivity index is 1.99. The van der Waals surface area contributed by atoms with Crippen LogP contribution in [-0.2, 0) is 13.1 Å². The minimum atomic E-state index is 0.554. The SMILES string of the molecule is Nc1nc(C2CCCC2)nc2c1CNC2. The minimum Gasteiger partial charge on any atom is -0.383 e. The predicted octanol–water partition coefficient (Wildman–Crippen LogP) is 1.32. The number of fused-ring (bicyclic) bond motifs is 1. The van der Waals surface area contributed by atoms with E-state index in [0.717, 1.165) is 30.2 Å². The molecule has 1 saturated carbocycles. The van der Waals surface area contributed by atoms with Crippen LogP contribution in [0.25, 0.3) is 0 Å². The first-order chi connectivity index (χ1) is 7.34. The minimum absolute atomic E-state index is 0.554. The predicted molar refractivity (Wildman–Crippen MR) is 58.2 cm³/mol. The second kappa shape index (κ2) is 3.45. The number of nitrogen functional groups attached to an aromatic ring is 1. The van der Waals surface area contributed by atoms with E-state index in [1.165, 1.54) is 25.7 Å². The van der Waals surface area contributed by atoms with Crippen molar-refractivity contribution in [3.05, 3.63) is 17.1 Å². The van der Waals surface area contributed by atoms with Crippen LogP contribution >= 0.6 is 0 Å². The van der Waals surface area contributed by atoms with Gasteiger partial charge in [-0.1, -0.05) is 12.8 Å². The van der Waals surface area contributed by atoms with Gasteiger partial charge in [-0.25, -0.2) is 9.97 Å². The largest absolute Gasteiger partial charge is 0.383 e. The second-order valence-corrected chi connectivity index (χ2v) is 4.48. The zero-order valence-corrected chi connectivity index (χ0v) is 8.79. The van der Waals surface area contributed by atoms with E-state index in [1.54, 1.807) is 0 Å². The number of nitrogens with one attached hydrogen (secondary N) is 1. The highest BCUT2D eigenvalue weighted by atomic mass is 15.0. The summed E-state index contributed by atoms with van der Waals surface area (Å²) in [6, 6.07) is 0. The van der Waals surface area contributed by atoms with E-state index in [4.69, 9.17) is 5.73 Å². The average Bonchev–Trinajstić information content (AvgIpc) is 2.88. The molecule has 2 aliphatic rings. The van der Waals surface area contributed by atoms with Crippen LogP contribution in [0.1, 0.15) is 48.7 Å². The van der Waals surface area contributed by atoms with E-state index in [9.17, 15) is 0 Å². The van der Waals surface area contributed by atoms with Gasteiger partial charge in [-0.05, 0) is 12.8 Å². The molecule has 4 nitrogen and oxygen atoms in total. The fourth-order valence-corrected chi connectivity index (χ4v) is 2.58. The molecule has 3 N–H and O–H groups in total. The number of hydrogen-bond donors (Lipinski definition) is 2. The van der Waals surface area contributed by atoms with Crippen LogP contribution in [0, 0.1) is 0 Å². The average molecular weight is 204 g/mol. The fraction of sp³-hybridized carbons (Fsp3) is 0.636. The summed E-state index contributed by atoms with van der Waals surface area (Å²) >= 11 is 0. The Morgan fingerprint density at radius 1 is 1.13 bits per heavy atom. The quantitative estimate of drug-likeness (QED) is 0.724. The maximum absolute atomic E-state index is 5.95. The molecule has 0 amide bonds. The Kier molecular flexibility index (Phi) is 2.09. The highest BCUT2D eigenvalue weighted by molar-refractivity contribution is 5.44. The van der Waals surface area contributed by atoms with Crippen molar-refractivity contribution in [1.82, 2.24) is 15.3 Å². The first-order valence-corrected chi connectivity index (χ1v) is 5.70. The summed E-state index contributed by atoms with van der Waals surface area (Å²) in [4.78, 5) is 9.10. The van der Waals surface area contributed by atoms with Crippen LogP contribution in [0.15, 0.2) is 0 Å². The van der Waals surface area contributed by atoms with Crippen molar-refractivity contribution >= 4 is 5.82 Å². The van der Waals surface area contributed by atoms with E-state index in [-0.39, 0.29) is 0 Å². The van der Waals surface area contributed by atoms with Crippen molar-refractivity contribution in [3.8, 4) is 0 Å². The van der Waals surface area contributed by atoms with Gasteiger partial charge in [0.05, 0.1) is 5.69 Å². The molecule has 0 unspecified atom stereocenters. The van der Waals surface area contributed by atoms with Gasteiger partial charge in [-0.3, -0.25) is 0 Å². The number of aromatic nitrogens is 2. The molecule has 0 aromatic carbocycles. The van der Waals surface area contributed by atoms with Crippen LogP contribution in [0.4, 0.5) is 5.82 Å². The second-order valence-electron chi connectivity index (χ2n) is 4.48. The molecule has 15 heavy (non-hydrogen) atoms. The lowest BCUT2D eigenvalue weighted by Gasteiger charge is -2.10. The van der Waals surface area contributed by atoms with Crippen molar-refractivity contribution in [2.24, 2.45) is 0 Å². The molecule has 1 aliphatic heterocycles. The van der Waals surface area contributed by atoms with Gasteiger partial charge in [0.15, 0.2) is 0 Å². The lowest BCUT2D eigenvalue weighted by atomic mass is 10.1. The van der Waals surface area contributed by atoms with Gasteiger partial charge in [0.25, 0.3) is 0 Å². The maximum Gasteiger partial charge on any atom is 0.134 e. The summed E-state index contributed by atoms with van der Waals surface area (Å²) in [7, 11) is 0. The van der Waals surface area contributed by atoms with Crippen LogP contribution in [0.5, 0.6) is 0 Å². The van der Waals surface area contributed by atoms with Gasteiger partial charge in [0.1, 0.15) is 11.6 Å². The molecule has 1 fully saturated rings. The molecule has 1 aliphatic carbocycles. The van der Waals surface area contributed by atoms with Gasteiger partial charge in [0.2, 0.25) is 0 Å². The van der Waals surface area contributed by atoms with Crippen LogP contribution in [-0.4, -0.2) is 9.97 Å². The van der Waals surface area contributed by atoms with Crippen molar-refractivity contribution in [2.45, 2.75) is 44.7 Å². The van der Waals surface area contributed by atoms with E-state index < -0.39 is 0 Å². The molecule has 1 aromatic heterocycles. The Bertz CT molecular complexity index is 382. The zero-order chi connectivity index (χ0) is 10.3.